The average Bonchev–Trinajstić information content (AvgIpc) is 3.21. The number of nitrogens with one attached hydrogen (secondary N) is 1. The summed E-state index contributed by atoms with van der Waals surface area (Å²) in [7, 11) is 0. The number of rotatable bonds is 40. The summed E-state index contributed by atoms with van der Waals surface area (Å²) < 4.78 is 11.1. The first-order valence-corrected chi connectivity index (χ1v) is 24.3. The predicted octanol–water partition coefficient (Wildman–Crippen LogP) is 8.14. The van der Waals surface area contributed by atoms with Crippen LogP contribution >= 0.6 is 0 Å². The summed E-state index contributed by atoms with van der Waals surface area (Å²) in [6.07, 6.45) is 24.3. The van der Waals surface area contributed by atoms with E-state index < -0.39 is 74.2 Å². The molecule has 1 rings (SSSR count). The zero-order valence-corrected chi connectivity index (χ0v) is 37.5. The van der Waals surface area contributed by atoms with E-state index in [0.717, 1.165) is 44.4 Å². The summed E-state index contributed by atoms with van der Waals surface area (Å²) in [5.74, 6) is 0.118. The molecular weight excluding hydrogens is 739 g/mol. The van der Waals surface area contributed by atoms with E-state index in [-0.39, 0.29) is 6.42 Å². The third-order valence-electron chi connectivity index (χ3n) is 12.3. The van der Waals surface area contributed by atoms with Crippen LogP contribution in [0.25, 0.3) is 0 Å². The van der Waals surface area contributed by atoms with Gasteiger partial charge in [0.15, 0.2) is 6.29 Å². The number of hydrogen-bond acceptors (Lipinski definition) is 10. The Labute approximate surface area is 354 Å². The van der Waals surface area contributed by atoms with Crippen molar-refractivity contribution in [2.45, 2.75) is 275 Å². The molecule has 346 valence electrons. The Morgan fingerprint density at radius 3 is 1.45 bits per heavy atom. The highest BCUT2D eigenvalue weighted by Crippen LogP contribution is 2.23. The molecule has 1 saturated heterocycles. The first-order valence-electron chi connectivity index (χ1n) is 24.3. The Bertz CT molecular complexity index is 928. The van der Waals surface area contributed by atoms with Crippen LogP contribution in [0.15, 0.2) is 0 Å². The Balaban J connectivity index is 2.42. The van der Waals surface area contributed by atoms with E-state index >= 15 is 0 Å². The minimum absolute atomic E-state index is 0.265. The molecule has 1 amide bonds. The van der Waals surface area contributed by atoms with Gasteiger partial charge in [-0.2, -0.15) is 0 Å². The van der Waals surface area contributed by atoms with Crippen LogP contribution in [0.4, 0.5) is 0 Å². The molecule has 1 aliphatic rings. The lowest BCUT2D eigenvalue weighted by Crippen LogP contribution is -2.60. The standard InChI is InChI=1S/C47H93NO10/c1-4-6-7-8-9-10-11-12-13-14-15-16-17-18-19-24-27-30-34-40(51)46(56)48-38(36-57-47-45(55)44(54)43(53)41(35-49)58-47)42(52)39(50)33-29-26-23-21-20-22-25-28-32-37(3)31-5-2/h37-45,47,49-55H,4-36H2,1-3H3,(H,48,56)/t37?,38-,39+,40+,41+,42-,43-,44-,45+,47+/m0/s1. The van der Waals surface area contributed by atoms with E-state index in [1.54, 1.807) is 0 Å². The molecule has 0 aromatic rings. The maximum Gasteiger partial charge on any atom is 0.249 e. The zero-order valence-electron chi connectivity index (χ0n) is 37.5. The second-order valence-corrected chi connectivity index (χ2v) is 17.8. The number of amides is 1. The lowest BCUT2D eigenvalue weighted by molar-refractivity contribution is -0.303. The van der Waals surface area contributed by atoms with Gasteiger partial charge in [-0.25, -0.2) is 0 Å². The first kappa shape index (κ1) is 55.1. The summed E-state index contributed by atoms with van der Waals surface area (Å²) >= 11 is 0. The van der Waals surface area contributed by atoms with Crippen molar-refractivity contribution in [3.63, 3.8) is 0 Å². The Kier molecular flexibility index (Phi) is 34.9. The maximum absolute atomic E-state index is 13.1. The largest absolute Gasteiger partial charge is 0.394 e. The van der Waals surface area contributed by atoms with Crippen LogP contribution in [0.1, 0.15) is 220 Å². The highest BCUT2D eigenvalue weighted by atomic mass is 16.7. The van der Waals surface area contributed by atoms with Gasteiger partial charge in [-0.3, -0.25) is 4.79 Å². The summed E-state index contributed by atoms with van der Waals surface area (Å²) in [4.78, 5) is 13.1. The van der Waals surface area contributed by atoms with Gasteiger partial charge >= 0.3 is 0 Å². The molecule has 0 radical (unpaired) electrons. The van der Waals surface area contributed by atoms with E-state index in [1.165, 1.54) is 135 Å². The molecule has 0 aliphatic carbocycles. The normalized spacial score (nSPS) is 22.4. The van der Waals surface area contributed by atoms with Crippen LogP contribution in [-0.4, -0.2) is 110 Å². The number of carbonyl (C=O) groups excluding carboxylic acids is 1. The fraction of sp³-hybridized carbons (Fsp3) is 0.979. The van der Waals surface area contributed by atoms with Gasteiger partial charge in [0.25, 0.3) is 0 Å². The number of unbranched alkanes of at least 4 members (excludes halogenated alkanes) is 24. The summed E-state index contributed by atoms with van der Waals surface area (Å²) in [6.45, 7) is 5.79. The molecule has 58 heavy (non-hydrogen) atoms. The lowest BCUT2D eigenvalue weighted by atomic mass is 9.97. The van der Waals surface area contributed by atoms with Crippen LogP contribution in [0.3, 0.4) is 0 Å². The van der Waals surface area contributed by atoms with Gasteiger partial charge in [0, 0.05) is 0 Å². The highest BCUT2D eigenvalue weighted by Gasteiger charge is 2.44. The minimum atomic E-state index is -1.66. The van der Waals surface area contributed by atoms with Gasteiger partial charge in [0.1, 0.15) is 36.6 Å². The Morgan fingerprint density at radius 1 is 0.569 bits per heavy atom. The van der Waals surface area contributed by atoms with Gasteiger partial charge in [-0.1, -0.05) is 207 Å². The fourth-order valence-electron chi connectivity index (χ4n) is 8.26. The average molecular weight is 832 g/mol. The molecule has 1 unspecified atom stereocenters. The molecule has 0 aromatic carbocycles. The molecule has 0 bridgehead atoms. The quantitative estimate of drug-likeness (QED) is 0.0280. The second kappa shape index (κ2) is 36.7. The first-order chi connectivity index (χ1) is 28.1. The van der Waals surface area contributed by atoms with Gasteiger partial charge in [0.2, 0.25) is 5.91 Å². The Morgan fingerprint density at radius 2 is 1.00 bits per heavy atom. The molecule has 8 N–H and O–H groups in total. The third kappa shape index (κ3) is 26.4. The van der Waals surface area contributed by atoms with Gasteiger partial charge < -0.3 is 50.5 Å². The number of ether oxygens (including phenoxy) is 2. The van der Waals surface area contributed by atoms with Crippen LogP contribution < -0.4 is 5.32 Å². The Hall–Kier alpha value is -0.890. The molecule has 0 aromatic heterocycles. The SMILES string of the molecule is CCCCCCCCCCCCCCCCCCCC[C@@H](O)C(=O)N[C@@H](CO[C@@H]1O[C@H](CO)[C@H](O)[C@H](O)[C@H]1O)[C@H](O)[C@H](O)CCCCCCCCCCC(C)CCC. The number of aliphatic hydroxyl groups excluding tert-OH is 7. The van der Waals surface area contributed by atoms with Crippen molar-refractivity contribution in [2.75, 3.05) is 13.2 Å². The van der Waals surface area contributed by atoms with Crippen LogP contribution in [0.5, 0.6) is 0 Å². The lowest BCUT2D eigenvalue weighted by Gasteiger charge is -2.40. The summed E-state index contributed by atoms with van der Waals surface area (Å²) in [5.41, 5.74) is 0. The molecule has 11 heteroatoms. The molecule has 1 heterocycles. The van der Waals surface area contributed by atoms with Crippen LogP contribution in [0, 0.1) is 5.92 Å². The molecule has 0 spiro atoms. The molecule has 11 nitrogen and oxygen atoms in total. The topological polar surface area (TPSA) is 189 Å². The molecule has 1 fully saturated rings. The van der Waals surface area contributed by atoms with Crippen molar-refractivity contribution in [2.24, 2.45) is 5.92 Å². The number of hydrogen-bond donors (Lipinski definition) is 8. The van der Waals surface area contributed by atoms with Crippen LogP contribution in [0.2, 0.25) is 0 Å². The van der Waals surface area contributed by atoms with Crippen molar-refractivity contribution in [1.82, 2.24) is 5.32 Å². The van der Waals surface area contributed by atoms with E-state index in [1.807, 2.05) is 0 Å². The minimum Gasteiger partial charge on any atom is -0.394 e. The van der Waals surface area contributed by atoms with Gasteiger partial charge in [-0.15, -0.1) is 0 Å². The number of aliphatic hydroxyl groups is 7. The fourth-order valence-corrected chi connectivity index (χ4v) is 8.26. The van der Waals surface area contributed by atoms with Gasteiger partial charge in [0.05, 0.1) is 25.4 Å². The zero-order chi connectivity index (χ0) is 42.8. The summed E-state index contributed by atoms with van der Waals surface area (Å²) in [5, 5.41) is 75.7. The molecule has 0 saturated carbocycles. The van der Waals surface area contributed by atoms with Crippen molar-refractivity contribution >= 4 is 5.91 Å². The predicted molar refractivity (Wildman–Crippen MR) is 233 cm³/mol. The van der Waals surface area contributed by atoms with Crippen molar-refractivity contribution in [3.8, 4) is 0 Å². The van der Waals surface area contributed by atoms with E-state index in [4.69, 9.17) is 9.47 Å². The molecular formula is C47H93NO10. The maximum atomic E-state index is 13.1. The number of carbonyl (C=O) groups is 1. The second-order valence-electron chi connectivity index (χ2n) is 17.8. The van der Waals surface area contributed by atoms with E-state index in [9.17, 15) is 40.5 Å². The smallest absolute Gasteiger partial charge is 0.249 e. The van der Waals surface area contributed by atoms with Crippen molar-refractivity contribution in [1.29, 1.82) is 0 Å². The molecule has 10 atom stereocenters. The van der Waals surface area contributed by atoms with E-state index in [2.05, 4.69) is 26.1 Å². The monoisotopic (exact) mass is 832 g/mol. The van der Waals surface area contributed by atoms with Crippen molar-refractivity contribution < 1.29 is 50.0 Å². The summed E-state index contributed by atoms with van der Waals surface area (Å²) in [6, 6.07) is -1.16. The van der Waals surface area contributed by atoms with E-state index in [0.29, 0.717) is 19.3 Å². The third-order valence-corrected chi connectivity index (χ3v) is 12.3. The van der Waals surface area contributed by atoms with Crippen LogP contribution in [-0.2, 0) is 14.3 Å². The molecule has 1 aliphatic heterocycles. The highest BCUT2D eigenvalue weighted by molar-refractivity contribution is 5.80. The van der Waals surface area contributed by atoms with Gasteiger partial charge in [-0.05, 0) is 18.8 Å². The van der Waals surface area contributed by atoms with Crippen molar-refractivity contribution in [3.05, 3.63) is 0 Å².